The zero-order valence-corrected chi connectivity index (χ0v) is 17.9. The van der Waals surface area contributed by atoms with Crippen LogP contribution in [0, 0.1) is 5.41 Å². The van der Waals surface area contributed by atoms with E-state index in [0.29, 0.717) is 25.0 Å². The fraction of sp³-hybridized carbons (Fsp3) is 0.636. The predicted molar refractivity (Wildman–Crippen MR) is 109 cm³/mol. The minimum Gasteiger partial charge on any atom is -0.466 e. The maximum Gasteiger partial charge on any atom is 0.494 e. The van der Waals surface area contributed by atoms with Gasteiger partial charge in [-0.05, 0) is 64.9 Å². The Labute approximate surface area is 168 Å². The fourth-order valence-corrected chi connectivity index (χ4v) is 4.06. The van der Waals surface area contributed by atoms with Crippen molar-refractivity contribution in [3.63, 3.8) is 0 Å². The van der Waals surface area contributed by atoms with Gasteiger partial charge in [0.05, 0.1) is 24.2 Å². The van der Waals surface area contributed by atoms with Crippen molar-refractivity contribution >= 4 is 24.3 Å². The first-order chi connectivity index (χ1) is 13.0. The molecule has 0 radical (unpaired) electrons. The van der Waals surface area contributed by atoms with E-state index in [2.05, 4.69) is 0 Å². The number of carbonyl (C=O) groups is 2. The zero-order valence-electron chi connectivity index (χ0n) is 17.9. The first-order valence-corrected chi connectivity index (χ1v) is 10.2. The summed E-state index contributed by atoms with van der Waals surface area (Å²) >= 11 is 0. The second-order valence-corrected chi connectivity index (χ2v) is 8.95. The molecule has 1 fully saturated rings. The van der Waals surface area contributed by atoms with Crippen molar-refractivity contribution in [2.45, 2.75) is 78.4 Å². The normalized spacial score (nSPS) is 25.5. The molecular weight excluding hydrogens is 355 g/mol. The van der Waals surface area contributed by atoms with Crippen molar-refractivity contribution in [3.8, 4) is 0 Å². The minimum absolute atomic E-state index is 0.0461. The Morgan fingerprint density at radius 3 is 2.36 bits per heavy atom. The van der Waals surface area contributed by atoms with Crippen LogP contribution in [0.25, 0.3) is 0 Å². The number of carbonyl (C=O) groups excluding carboxylic acids is 2. The summed E-state index contributed by atoms with van der Waals surface area (Å²) in [5, 5.41) is 0. The van der Waals surface area contributed by atoms with Crippen LogP contribution in [0.1, 0.15) is 76.7 Å². The molecule has 1 atom stereocenters. The van der Waals surface area contributed by atoms with E-state index in [1.807, 2.05) is 52.8 Å². The van der Waals surface area contributed by atoms with Crippen molar-refractivity contribution in [2.75, 3.05) is 6.61 Å². The molecule has 3 rings (SSSR count). The number of hydrogen-bond acceptors (Lipinski definition) is 5. The van der Waals surface area contributed by atoms with Crippen LogP contribution >= 0.6 is 0 Å². The summed E-state index contributed by atoms with van der Waals surface area (Å²) in [6.45, 7) is 12.2. The van der Waals surface area contributed by atoms with Crippen LogP contribution in [-0.4, -0.2) is 36.7 Å². The lowest BCUT2D eigenvalue weighted by molar-refractivity contribution is -0.145. The third-order valence-electron chi connectivity index (χ3n) is 6.72. The SMILES string of the molecule is CCOC(=O)CC1(CC)CCc2cc(B3OC(C)(C)C(C)(C)O3)ccc2C1=O. The van der Waals surface area contributed by atoms with Gasteiger partial charge in [-0.2, -0.15) is 0 Å². The van der Waals surface area contributed by atoms with E-state index in [4.69, 9.17) is 14.0 Å². The maximum atomic E-state index is 13.3. The molecule has 0 bridgehead atoms. The molecule has 28 heavy (non-hydrogen) atoms. The number of aryl methyl sites for hydroxylation is 1. The topological polar surface area (TPSA) is 61.8 Å². The maximum absolute atomic E-state index is 13.3. The summed E-state index contributed by atoms with van der Waals surface area (Å²) in [5.74, 6) is -0.250. The van der Waals surface area contributed by atoms with E-state index in [-0.39, 0.29) is 18.2 Å². The lowest BCUT2D eigenvalue weighted by Crippen LogP contribution is -2.41. The van der Waals surface area contributed by atoms with Crippen molar-refractivity contribution in [1.82, 2.24) is 0 Å². The standard InChI is InChI=1S/C22H31BO5/c1-7-22(14-18(24)26-8-2)12-11-15-13-16(9-10-17(15)19(22)25)23-27-20(3,4)21(5,6)28-23/h9-10,13H,7-8,11-12,14H2,1-6H3. The second-order valence-electron chi connectivity index (χ2n) is 8.95. The van der Waals surface area contributed by atoms with E-state index in [1.54, 1.807) is 6.92 Å². The Bertz CT molecular complexity index is 769. The molecule has 1 aromatic carbocycles. The quantitative estimate of drug-likeness (QED) is 0.573. The molecule has 1 aromatic rings. The molecule has 0 amide bonds. The van der Waals surface area contributed by atoms with Crippen LogP contribution in [-0.2, 0) is 25.3 Å². The lowest BCUT2D eigenvalue weighted by Gasteiger charge is -2.35. The molecule has 152 valence electrons. The molecule has 1 unspecified atom stereocenters. The molecular formula is C22H31BO5. The van der Waals surface area contributed by atoms with E-state index < -0.39 is 23.7 Å². The van der Waals surface area contributed by atoms with Gasteiger partial charge in [0.2, 0.25) is 0 Å². The van der Waals surface area contributed by atoms with Crippen LogP contribution in [0.2, 0.25) is 0 Å². The van der Waals surface area contributed by atoms with Crippen LogP contribution < -0.4 is 5.46 Å². The molecule has 0 saturated carbocycles. The van der Waals surface area contributed by atoms with Gasteiger partial charge < -0.3 is 14.0 Å². The van der Waals surface area contributed by atoms with Crippen LogP contribution in [0.15, 0.2) is 18.2 Å². The Kier molecular flexibility index (Phi) is 5.50. The summed E-state index contributed by atoms with van der Waals surface area (Å²) in [6.07, 6.45) is 2.18. The second kappa shape index (κ2) is 7.31. The number of benzene rings is 1. The largest absolute Gasteiger partial charge is 0.494 e. The van der Waals surface area contributed by atoms with Gasteiger partial charge >= 0.3 is 13.1 Å². The van der Waals surface area contributed by atoms with Crippen molar-refractivity contribution in [3.05, 3.63) is 29.3 Å². The molecule has 2 aliphatic rings. The first-order valence-electron chi connectivity index (χ1n) is 10.2. The van der Waals surface area contributed by atoms with E-state index in [1.165, 1.54) is 0 Å². The van der Waals surface area contributed by atoms with Crippen molar-refractivity contribution in [1.29, 1.82) is 0 Å². The van der Waals surface area contributed by atoms with Crippen molar-refractivity contribution < 1.29 is 23.6 Å². The van der Waals surface area contributed by atoms with Gasteiger partial charge in [0.25, 0.3) is 0 Å². The highest BCUT2D eigenvalue weighted by molar-refractivity contribution is 6.62. The summed E-state index contributed by atoms with van der Waals surface area (Å²) in [4.78, 5) is 25.4. The minimum atomic E-state index is -0.662. The van der Waals surface area contributed by atoms with Gasteiger partial charge in [0.15, 0.2) is 5.78 Å². The van der Waals surface area contributed by atoms with Gasteiger partial charge in [0.1, 0.15) is 0 Å². The van der Waals surface area contributed by atoms with Gasteiger partial charge in [-0.3, -0.25) is 9.59 Å². The molecule has 1 heterocycles. The number of fused-ring (bicyclic) bond motifs is 1. The van der Waals surface area contributed by atoms with Crippen LogP contribution in [0.5, 0.6) is 0 Å². The molecule has 0 N–H and O–H groups in total. The molecule has 6 heteroatoms. The Hall–Kier alpha value is -1.66. The highest BCUT2D eigenvalue weighted by Gasteiger charge is 2.52. The third kappa shape index (κ3) is 3.53. The number of esters is 1. The number of hydrogen-bond donors (Lipinski definition) is 0. The Morgan fingerprint density at radius 1 is 1.14 bits per heavy atom. The van der Waals surface area contributed by atoms with Gasteiger partial charge in [-0.15, -0.1) is 0 Å². The van der Waals surface area contributed by atoms with Gasteiger partial charge in [-0.1, -0.05) is 25.1 Å². The lowest BCUT2D eigenvalue weighted by atomic mass is 9.65. The zero-order chi connectivity index (χ0) is 20.7. The summed E-state index contributed by atoms with van der Waals surface area (Å²) < 4.78 is 17.4. The average Bonchev–Trinajstić information content (AvgIpc) is 2.85. The third-order valence-corrected chi connectivity index (χ3v) is 6.72. The first kappa shape index (κ1) is 21.1. The summed E-state index contributed by atoms with van der Waals surface area (Å²) in [6, 6.07) is 5.81. The monoisotopic (exact) mass is 386 g/mol. The average molecular weight is 386 g/mol. The van der Waals surface area contributed by atoms with E-state index in [0.717, 1.165) is 17.4 Å². The fourth-order valence-electron chi connectivity index (χ4n) is 4.06. The number of rotatable bonds is 5. The van der Waals surface area contributed by atoms with Gasteiger partial charge in [0, 0.05) is 11.0 Å². The summed E-state index contributed by atoms with van der Waals surface area (Å²) in [5.41, 5.74) is 1.17. The molecule has 1 aliphatic heterocycles. The number of Topliss-reactive ketones (excluding diaryl/α,β-unsaturated/α-hetero) is 1. The van der Waals surface area contributed by atoms with Gasteiger partial charge in [-0.25, -0.2) is 0 Å². The highest BCUT2D eigenvalue weighted by Crippen LogP contribution is 2.42. The molecule has 5 nitrogen and oxygen atoms in total. The number of ketones is 1. The highest BCUT2D eigenvalue weighted by atomic mass is 16.7. The molecule has 1 saturated heterocycles. The van der Waals surface area contributed by atoms with Crippen LogP contribution in [0.4, 0.5) is 0 Å². The summed E-state index contributed by atoms with van der Waals surface area (Å²) in [7, 11) is -0.442. The number of ether oxygens (including phenoxy) is 1. The van der Waals surface area contributed by atoms with Crippen LogP contribution in [0.3, 0.4) is 0 Å². The predicted octanol–water partition coefficient (Wildman–Crippen LogP) is 3.46. The van der Waals surface area contributed by atoms with E-state index in [9.17, 15) is 9.59 Å². The van der Waals surface area contributed by atoms with E-state index >= 15 is 0 Å². The Balaban J connectivity index is 1.86. The van der Waals surface area contributed by atoms with Crippen molar-refractivity contribution in [2.24, 2.45) is 5.41 Å². The molecule has 1 aliphatic carbocycles. The molecule has 0 spiro atoms. The smallest absolute Gasteiger partial charge is 0.466 e. The molecule has 0 aromatic heterocycles. The Morgan fingerprint density at radius 2 is 1.79 bits per heavy atom.